The van der Waals surface area contributed by atoms with Crippen molar-refractivity contribution in [1.29, 1.82) is 0 Å². The van der Waals surface area contributed by atoms with E-state index in [1.165, 1.54) is 0 Å². The first-order valence-electron chi connectivity index (χ1n) is 6.30. The van der Waals surface area contributed by atoms with Crippen LogP contribution in [0.2, 0.25) is 5.02 Å². The smallest absolute Gasteiger partial charge is 0.239 e. The lowest BCUT2D eigenvalue weighted by molar-refractivity contribution is -0.128. The lowest BCUT2D eigenvalue weighted by atomic mass is 9.99. The van der Waals surface area contributed by atoms with Crippen LogP contribution in [-0.4, -0.2) is 29.7 Å². The highest BCUT2D eigenvalue weighted by atomic mass is 35.5. The number of nitrogens with two attached hydrogens (primary N) is 1. The maximum absolute atomic E-state index is 11.8. The summed E-state index contributed by atoms with van der Waals surface area (Å²) in [5, 5.41) is 0.534. The minimum absolute atomic E-state index is 0.231. The van der Waals surface area contributed by atoms with Gasteiger partial charge < -0.3 is 5.73 Å². The highest BCUT2D eigenvalue weighted by Crippen LogP contribution is 2.30. The maximum Gasteiger partial charge on any atom is 0.239 e. The van der Waals surface area contributed by atoms with Crippen molar-refractivity contribution in [2.75, 3.05) is 13.1 Å². The Labute approximate surface area is 117 Å². The average molecular weight is 281 g/mol. The summed E-state index contributed by atoms with van der Waals surface area (Å²) >= 11 is 6.18. The summed E-state index contributed by atoms with van der Waals surface area (Å²) in [7, 11) is 0. The fourth-order valence-electron chi connectivity index (χ4n) is 2.43. The number of hydrogen-bond acceptors (Lipinski definition) is 3. The molecule has 102 valence electrons. The number of likely N-dealkylation sites (tertiary alicyclic amines) is 1. The molecule has 1 saturated heterocycles. The van der Waals surface area contributed by atoms with Crippen LogP contribution in [0.5, 0.6) is 0 Å². The summed E-state index contributed by atoms with van der Waals surface area (Å²) in [5.74, 6) is -0.198. The summed E-state index contributed by atoms with van der Waals surface area (Å²) in [5.41, 5.74) is 7.28. The topological polar surface area (TPSA) is 63.4 Å². The largest absolute Gasteiger partial charge is 0.368 e. The number of aryl methyl sites for hydroxylation is 1. The van der Waals surface area contributed by atoms with Gasteiger partial charge in [-0.1, -0.05) is 29.3 Å². The van der Waals surface area contributed by atoms with E-state index < -0.39 is 11.9 Å². The van der Waals surface area contributed by atoms with Gasteiger partial charge in [0.25, 0.3) is 0 Å². The third-order valence-electron chi connectivity index (χ3n) is 3.44. The Morgan fingerprint density at radius 2 is 2.00 bits per heavy atom. The van der Waals surface area contributed by atoms with E-state index in [1.54, 1.807) is 6.07 Å². The Balaban J connectivity index is 2.32. The van der Waals surface area contributed by atoms with Crippen molar-refractivity contribution in [3.63, 3.8) is 0 Å². The van der Waals surface area contributed by atoms with Gasteiger partial charge in [-0.25, -0.2) is 0 Å². The Morgan fingerprint density at radius 3 is 2.58 bits per heavy atom. The summed E-state index contributed by atoms with van der Waals surface area (Å²) in [4.78, 5) is 25.0. The lowest BCUT2D eigenvalue weighted by Crippen LogP contribution is -2.42. The van der Waals surface area contributed by atoms with Gasteiger partial charge in [0.1, 0.15) is 11.8 Å². The Hall–Kier alpha value is -1.39. The molecule has 1 amide bonds. The zero-order valence-corrected chi connectivity index (χ0v) is 11.6. The van der Waals surface area contributed by atoms with Crippen LogP contribution < -0.4 is 5.73 Å². The van der Waals surface area contributed by atoms with E-state index in [4.69, 9.17) is 17.3 Å². The molecule has 1 fully saturated rings. The fraction of sp³-hybridized carbons (Fsp3) is 0.429. The molecule has 1 aliphatic rings. The molecule has 0 aromatic heterocycles. The van der Waals surface area contributed by atoms with E-state index in [1.807, 2.05) is 24.0 Å². The Morgan fingerprint density at radius 1 is 1.37 bits per heavy atom. The number of carbonyl (C=O) groups is 2. The predicted octanol–water partition coefficient (Wildman–Crippen LogP) is 1.84. The van der Waals surface area contributed by atoms with Crippen molar-refractivity contribution in [3.05, 3.63) is 34.3 Å². The second-order valence-corrected chi connectivity index (χ2v) is 5.31. The quantitative estimate of drug-likeness (QED) is 0.919. The van der Waals surface area contributed by atoms with Gasteiger partial charge >= 0.3 is 0 Å². The molecule has 0 bridgehead atoms. The first-order valence-corrected chi connectivity index (χ1v) is 6.68. The van der Waals surface area contributed by atoms with Gasteiger partial charge in [-0.3, -0.25) is 14.5 Å². The van der Waals surface area contributed by atoms with E-state index in [2.05, 4.69) is 0 Å². The number of halogens is 1. The van der Waals surface area contributed by atoms with Crippen LogP contribution in [0, 0.1) is 6.92 Å². The SMILES string of the molecule is Cc1ccc(Cl)c(C(C(N)=O)N2CCC(=O)CC2)c1. The normalized spacial score (nSPS) is 18.3. The minimum Gasteiger partial charge on any atom is -0.368 e. The van der Waals surface area contributed by atoms with Gasteiger partial charge in [0.05, 0.1) is 0 Å². The molecule has 0 radical (unpaired) electrons. The molecule has 4 nitrogen and oxygen atoms in total. The van der Waals surface area contributed by atoms with Crippen molar-refractivity contribution < 1.29 is 9.59 Å². The molecule has 1 aromatic carbocycles. The molecule has 2 rings (SSSR count). The molecule has 19 heavy (non-hydrogen) atoms. The van der Waals surface area contributed by atoms with Gasteiger partial charge in [0.2, 0.25) is 5.91 Å². The molecule has 2 N–H and O–H groups in total. The number of primary amides is 1. The van der Waals surface area contributed by atoms with Crippen LogP contribution in [0.4, 0.5) is 0 Å². The number of benzene rings is 1. The van der Waals surface area contributed by atoms with Crippen molar-refractivity contribution in [3.8, 4) is 0 Å². The summed E-state index contributed by atoms with van der Waals surface area (Å²) < 4.78 is 0. The zero-order chi connectivity index (χ0) is 14.0. The van der Waals surface area contributed by atoms with Crippen molar-refractivity contribution in [2.24, 2.45) is 5.73 Å². The molecular formula is C14H17ClN2O2. The van der Waals surface area contributed by atoms with E-state index in [9.17, 15) is 9.59 Å². The molecule has 1 heterocycles. The zero-order valence-electron chi connectivity index (χ0n) is 10.9. The fourth-order valence-corrected chi connectivity index (χ4v) is 2.66. The monoisotopic (exact) mass is 280 g/mol. The molecule has 0 saturated carbocycles. The third-order valence-corrected chi connectivity index (χ3v) is 3.78. The lowest BCUT2D eigenvalue weighted by Gasteiger charge is -2.32. The first-order chi connectivity index (χ1) is 8.99. The summed E-state index contributed by atoms with van der Waals surface area (Å²) in [6.45, 7) is 3.05. The molecule has 0 aliphatic carbocycles. The standard InChI is InChI=1S/C14H17ClN2O2/c1-9-2-3-12(15)11(8-9)13(14(16)19)17-6-4-10(18)5-7-17/h2-3,8,13H,4-7H2,1H3,(H2,16,19). The number of nitrogens with zero attached hydrogens (tertiary/aromatic N) is 1. The first kappa shape index (κ1) is 14.0. The van der Waals surface area contributed by atoms with Gasteiger partial charge in [-0.05, 0) is 18.6 Å². The average Bonchev–Trinajstić information content (AvgIpc) is 2.36. The number of hydrogen-bond donors (Lipinski definition) is 1. The van der Waals surface area contributed by atoms with E-state index >= 15 is 0 Å². The predicted molar refractivity (Wildman–Crippen MR) is 73.9 cm³/mol. The molecule has 0 spiro atoms. The number of carbonyl (C=O) groups excluding carboxylic acids is 2. The van der Waals surface area contributed by atoms with Crippen molar-refractivity contribution >= 4 is 23.3 Å². The second kappa shape index (κ2) is 5.72. The number of rotatable bonds is 3. The van der Waals surface area contributed by atoms with Crippen LogP contribution >= 0.6 is 11.6 Å². The summed E-state index contributed by atoms with van der Waals surface area (Å²) in [6, 6.07) is 5.00. The van der Waals surface area contributed by atoms with Crippen LogP contribution in [-0.2, 0) is 9.59 Å². The number of Topliss-reactive ketones (excluding diaryl/α,β-unsaturated/α-hetero) is 1. The Bertz CT molecular complexity index is 506. The number of amides is 1. The maximum atomic E-state index is 11.8. The van der Waals surface area contributed by atoms with Gasteiger partial charge in [0, 0.05) is 31.0 Å². The van der Waals surface area contributed by atoms with Gasteiger partial charge in [0.15, 0.2) is 0 Å². The van der Waals surface area contributed by atoms with Crippen molar-refractivity contribution in [1.82, 2.24) is 4.90 Å². The van der Waals surface area contributed by atoms with Gasteiger partial charge in [-0.2, -0.15) is 0 Å². The van der Waals surface area contributed by atoms with E-state index in [0.717, 1.165) is 11.1 Å². The van der Waals surface area contributed by atoms with Crippen LogP contribution in [0.15, 0.2) is 18.2 Å². The third kappa shape index (κ3) is 3.14. The van der Waals surface area contributed by atoms with E-state index in [0.29, 0.717) is 31.0 Å². The van der Waals surface area contributed by atoms with Crippen LogP contribution in [0.25, 0.3) is 0 Å². The number of ketones is 1. The minimum atomic E-state index is -0.555. The molecule has 1 atom stereocenters. The molecule has 1 aromatic rings. The molecule has 5 heteroatoms. The highest BCUT2D eigenvalue weighted by molar-refractivity contribution is 6.31. The van der Waals surface area contributed by atoms with Crippen LogP contribution in [0.3, 0.4) is 0 Å². The molecule has 1 unspecified atom stereocenters. The molecule has 1 aliphatic heterocycles. The second-order valence-electron chi connectivity index (χ2n) is 4.90. The number of piperidine rings is 1. The van der Waals surface area contributed by atoms with E-state index in [-0.39, 0.29) is 5.78 Å². The van der Waals surface area contributed by atoms with Crippen molar-refractivity contribution in [2.45, 2.75) is 25.8 Å². The summed E-state index contributed by atoms with van der Waals surface area (Å²) in [6.07, 6.45) is 0.931. The highest BCUT2D eigenvalue weighted by Gasteiger charge is 2.30. The molecular weight excluding hydrogens is 264 g/mol. The van der Waals surface area contributed by atoms with Gasteiger partial charge in [-0.15, -0.1) is 0 Å². The van der Waals surface area contributed by atoms with Crippen LogP contribution in [0.1, 0.15) is 30.0 Å². The Kier molecular flexibility index (Phi) is 4.22.